The minimum Gasteiger partial charge on any atom is -0.465 e. The second kappa shape index (κ2) is 9.89. The Bertz CT molecular complexity index is 889. The summed E-state index contributed by atoms with van der Waals surface area (Å²) >= 11 is 0. The zero-order chi connectivity index (χ0) is 21.5. The van der Waals surface area contributed by atoms with Gasteiger partial charge < -0.3 is 24.4 Å². The maximum absolute atomic E-state index is 12.4. The van der Waals surface area contributed by atoms with Crippen molar-refractivity contribution >= 4 is 29.2 Å². The van der Waals surface area contributed by atoms with Gasteiger partial charge >= 0.3 is 11.9 Å². The van der Waals surface area contributed by atoms with Gasteiger partial charge in [-0.05, 0) is 55.5 Å². The van der Waals surface area contributed by atoms with E-state index >= 15 is 0 Å². The van der Waals surface area contributed by atoms with Crippen molar-refractivity contribution < 1.29 is 28.6 Å². The van der Waals surface area contributed by atoms with Crippen molar-refractivity contribution in [2.24, 2.45) is 0 Å². The van der Waals surface area contributed by atoms with Gasteiger partial charge in [0.25, 0.3) is 5.91 Å². The molecule has 0 aliphatic carbocycles. The van der Waals surface area contributed by atoms with Gasteiger partial charge in [0.1, 0.15) is 0 Å². The molecule has 8 nitrogen and oxygen atoms in total. The van der Waals surface area contributed by atoms with Crippen LogP contribution >= 0.6 is 0 Å². The van der Waals surface area contributed by atoms with Crippen molar-refractivity contribution in [3.63, 3.8) is 0 Å². The van der Waals surface area contributed by atoms with E-state index in [1.54, 1.807) is 0 Å². The Morgan fingerprint density at radius 2 is 1.50 bits per heavy atom. The van der Waals surface area contributed by atoms with Gasteiger partial charge in [0.2, 0.25) is 0 Å². The minimum atomic E-state index is -0.989. The summed E-state index contributed by atoms with van der Waals surface area (Å²) in [6, 6.07) is 13.3. The van der Waals surface area contributed by atoms with E-state index < -0.39 is 23.9 Å². The average molecular weight is 412 g/mol. The molecule has 0 bridgehead atoms. The topological polar surface area (TPSA) is 94.2 Å². The summed E-state index contributed by atoms with van der Waals surface area (Å²) in [5.41, 5.74) is 2.23. The second-order valence-electron chi connectivity index (χ2n) is 6.75. The highest BCUT2D eigenvalue weighted by Crippen LogP contribution is 2.19. The highest BCUT2D eigenvalue weighted by Gasteiger charge is 2.20. The van der Waals surface area contributed by atoms with Crippen LogP contribution in [0.4, 0.5) is 11.4 Å². The zero-order valence-corrected chi connectivity index (χ0v) is 16.9. The van der Waals surface area contributed by atoms with Gasteiger partial charge in [-0.25, -0.2) is 9.59 Å². The van der Waals surface area contributed by atoms with Crippen molar-refractivity contribution in [3.05, 3.63) is 59.7 Å². The largest absolute Gasteiger partial charge is 0.465 e. The third-order valence-electron chi connectivity index (χ3n) is 4.71. The number of nitrogens with zero attached hydrogens (tertiary/aromatic N) is 1. The second-order valence-corrected chi connectivity index (χ2v) is 6.75. The van der Waals surface area contributed by atoms with Crippen molar-refractivity contribution in [2.45, 2.75) is 13.0 Å². The lowest BCUT2D eigenvalue weighted by Gasteiger charge is -2.28. The number of amides is 1. The maximum Gasteiger partial charge on any atom is 0.338 e. The molecule has 1 amide bonds. The highest BCUT2D eigenvalue weighted by molar-refractivity contribution is 5.98. The molecule has 0 unspecified atom stereocenters. The van der Waals surface area contributed by atoms with Gasteiger partial charge in [-0.15, -0.1) is 0 Å². The molecular formula is C22H24N2O6. The Morgan fingerprint density at radius 3 is 2.07 bits per heavy atom. The van der Waals surface area contributed by atoms with E-state index in [-0.39, 0.29) is 5.56 Å². The number of morpholine rings is 1. The monoisotopic (exact) mass is 412 g/mol. The summed E-state index contributed by atoms with van der Waals surface area (Å²) in [5.74, 6) is -1.59. The standard InChI is InChI=1S/C22H24N2O6/c1-15(30-22(27)17-5-3-16(4-6-17)21(26)28-2)20(25)23-18-7-9-19(10-8-18)24-11-13-29-14-12-24/h3-10,15H,11-14H2,1-2H3,(H,23,25)/t15-/m1/s1. The Balaban J connectivity index is 1.53. The first-order chi connectivity index (χ1) is 14.5. The van der Waals surface area contributed by atoms with Gasteiger partial charge in [0, 0.05) is 24.5 Å². The molecule has 1 atom stereocenters. The normalized spacial score (nSPS) is 14.5. The van der Waals surface area contributed by atoms with Gasteiger partial charge in [0.05, 0.1) is 31.5 Å². The number of hydrogen-bond acceptors (Lipinski definition) is 7. The summed E-state index contributed by atoms with van der Waals surface area (Å²) in [4.78, 5) is 38.3. The minimum absolute atomic E-state index is 0.233. The first kappa shape index (κ1) is 21.3. The first-order valence-corrected chi connectivity index (χ1v) is 9.61. The quantitative estimate of drug-likeness (QED) is 0.729. The number of ether oxygens (including phenoxy) is 3. The van der Waals surface area contributed by atoms with E-state index in [0.29, 0.717) is 24.5 Å². The van der Waals surface area contributed by atoms with E-state index in [1.807, 2.05) is 24.3 Å². The summed E-state index contributed by atoms with van der Waals surface area (Å²) < 4.78 is 15.2. The zero-order valence-electron chi connectivity index (χ0n) is 16.9. The first-order valence-electron chi connectivity index (χ1n) is 9.61. The lowest BCUT2D eigenvalue weighted by Crippen LogP contribution is -2.36. The lowest BCUT2D eigenvalue weighted by atomic mass is 10.1. The molecular weight excluding hydrogens is 388 g/mol. The summed E-state index contributed by atoms with van der Waals surface area (Å²) in [6.07, 6.45) is -0.989. The van der Waals surface area contributed by atoms with Crippen LogP contribution in [0.5, 0.6) is 0 Å². The van der Waals surface area contributed by atoms with E-state index in [9.17, 15) is 14.4 Å². The van der Waals surface area contributed by atoms with Gasteiger partial charge in [0.15, 0.2) is 6.10 Å². The number of benzene rings is 2. The van der Waals surface area contributed by atoms with Gasteiger partial charge in [-0.2, -0.15) is 0 Å². The molecule has 158 valence electrons. The molecule has 30 heavy (non-hydrogen) atoms. The van der Waals surface area contributed by atoms with Crippen molar-refractivity contribution in [3.8, 4) is 0 Å². The average Bonchev–Trinajstić information content (AvgIpc) is 2.79. The third kappa shape index (κ3) is 5.36. The van der Waals surface area contributed by atoms with Crippen molar-refractivity contribution in [1.29, 1.82) is 0 Å². The van der Waals surface area contributed by atoms with Crippen LogP contribution in [0.15, 0.2) is 48.5 Å². The van der Waals surface area contributed by atoms with Gasteiger partial charge in [-0.1, -0.05) is 0 Å². The molecule has 0 spiro atoms. The smallest absolute Gasteiger partial charge is 0.338 e. The van der Waals surface area contributed by atoms with Crippen LogP contribution in [0.1, 0.15) is 27.6 Å². The molecule has 1 saturated heterocycles. The molecule has 1 N–H and O–H groups in total. The molecule has 1 heterocycles. The maximum atomic E-state index is 12.4. The molecule has 0 radical (unpaired) electrons. The van der Waals surface area contributed by atoms with Gasteiger partial charge in [-0.3, -0.25) is 4.79 Å². The lowest BCUT2D eigenvalue weighted by molar-refractivity contribution is -0.123. The molecule has 2 aromatic carbocycles. The number of hydrogen-bond donors (Lipinski definition) is 1. The van der Waals surface area contributed by atoms with Crippen LogP contribution in [0.2, 0.25) is 0 Å². The molecule has 0 saturated carbocycles. The number of anilines is 2. The molecule has 3 rings (SSSR count). The van der Waals surface area contributed by atoms with E-state index in [2.05, 4.69) is 15.0 Å². The predicted molar refractivity (Wildman–Crippen MR) is 111 cm³/mol. The molecule has 1 aliphatic heterocycles. The van der Waals surface area contributed by atoms with Crippen LogP contribution in [-0.2, 0) is 19.0 Å². The van der Waals surface area contributed by atoms with Crippen LogP contribution < -0.4 is 10.2 Å². The van der Waals surface area contributed by atoms with E-state index in [1.165, 1.54) is 38.3 Å². The SMILES string of the molecule is COC(=O)c1ccc(C(=O)O[C@H](C)C(=O)Nc2ccc(N3CCOCC3)cc2)cc1. The van der Waals surface area contributed by atoms with Crippen LogP contribution in [0.25, 0.3) is 0 Å². The fraction of sp³-hybridized carbons (Fsp3) is 0.318. The number of carbonyl (C=O) groups excluding carboxylic acids is 3. The van der Waals surface area contributed by atoms with Crippen LogP contribution in [0.3, 0.4) is 0 Å². The summed E-state index contributed by atoms with van der Waals surface area (Å²) in [5, 5.41) is 2.74. The van der Waals surface area contributed by atoms with Crippen LogP contribution in [-0.4, -0.2) is 57.4 Å². The Labute approximate surface area is 174 Å². The van der Waals surface area contributed by atoms with Crippen LogP contribution in [0, 0.1) is 0 Å². The van der Waals surface area contributed by atoms with Crippen molar-refractivity contribution in [1.82, 2.24) is 0 Å². The Hall–Kier alpha value is -3.39. The number of carbonyl (C=O) groups is 3. The number of methoxy groups -OCH3 is 1. The Morgan fingerprint density at radius 1 is 0.933 bits per heavy atom. The number of nitrogens with one attached hydrogen (secondary N) is 1. The molecule has 1 fully saturated rings. The fourth-order valence-corrected chi connectivity index (χ4v) is 2.96. The molecule has 8 heteroatoms. The Kier molecular flexibility index (Phi) is 7.03. The summed E-state index contributed by atoms with van der Waals surface area (Å²) in [6.45, 7) is 4.57. The predicted octanol–water partition coefficient (Wildman–Crippen LogP) is 2.49. The van der Waals surface area contributed by atoms with E-state index in [4.69, 9.17) is 9.47 Å². The summed E-state index contributed by atoms with van der Waals surface area (Å²) in [7, 11) is 1.28. The molecule has 2 aromatic rings. The molecule has 0 aromatic heterocycles. The highest BCUT2D eigenvalue weighted by atomic mass is 16.5. The number of esters is 2. The number of rotatable bonds is 6. The molecule has 1 aliphatic rings. The van der Waals surface area contributed by atoms with Crippen molar-refractivity contribution in [2.75, 3.05) is 43.6 Å². The fourth-order valence-electron chi connectivity index (χ4n) is 2.96. The third-order valence-corrected chi connectivity index (χ3v) is 4.71. The van der Waals surface area contributed by atoms with E-state index in [0.717, 1.165) is 18.8 Å².